The summed E-state index contributed by atoms with van der Waals surface area (Å²) < 4.78 is 30.3. The fourth-order valence-corrected chi connectivity index (χ4v) is 2.52. The van der Waals surface area contributed by atoms with Crippen LogP contribution in [0.5, 0.6) is 0 Å². The summed E-state index contributed by atoms with van der Waals surface area (Å²) in [6, 6.07) is 3.53. The molecule has 0 spiro atoms. The highest BCUT2D eigenvalue weighted by atomic mass is 32.2. The van der Waals surface area contributed by atoms with Gasteiger partial charge in [0.1, 0.15) is 5.76 Å². The zero-order chi connectivity index (χ0) is 11.5. The molecular formula is C10H17NO3S. The Labute approximate surface area is 90.9 Å². The van der Waals surface area contributed by atoms with Crippen LogP contribution in [0.15, 0.2) is 22.8 Å². The highest BCUT2D eigenvalue weighted by Crippen LogP contribution is 2.13. The quantitative estimate of drug-likeness (QED) is 0.777. The van der Waals surface area contributed by atoms with E-state index >= 15 is 0 Å². The van der Waals surface area contributed by atoms with Gasteiger partial charge >= 0.3 is 0 Å². The number of hydrogen-bond acceptors (Lipinski definition) is 3. The Hall–Kier alpha value is -0.810. The van der Waals surface area contributed by atoms with Gasteiger partial charge in [0.15, 0.2) is 0 Å². The number of hydrogen-bond donors (Lipinski definition) is 0. The maximum absolute atomic E-state index is 11.9. The lowest BCUT2D eigenvalue weighted by Gasteiger charge is -2.21. The molecule has 4 nitrogen and oxygen atoms in total. The van der Waals surface area contributed by atoms with Crippen molar-refractivity contribution in [3.63, 3.8) is 0 Å². The second kappa shape index (κ2) is 4.81. The molecule has 1 aromatic rings. The molecular weight excluding hydrogens is 214 g/mol. The van der Waals surface area contributed by atoms with Gasteiger partial charge in [0.25, 0.3) is 0 Å². The van der Waals surface area contributed by atoms with Crippen LogP contribution < -0.4 is 0 Å². The zero-order valence-corrected chi connectivity index (χ0v) is 10.1. The highest BCUT2D eigenvalue weighted by Gasteiger charge is 2.24. The Bertz CT molecular complexity index is 381. The van der Waals surface area contributed by atoms with E-state index in [2.05, 4.69) is 0 Å². The summed E-state index contributed by atoms with van der Waals surface area (Å²) in [6.07, 6.45) is 1.55. The van der Waals surface area contributed by atoms with Gasteiger partial charge in [-0.3, -0.25) is 0 Å². The van der Waals surface area contributed by atoms with Crippen molar-refractivity contribution in [1.29, 1.82) is 0 Å². The molecule has 0 saturated carbocycles. The smallest absolute Gasteiger partial charge is 0.216 e. The molecule has 0 atom stereocenters. The van der Waals surface area contributed by atoms with Crippen molar-refractivity contribution >= 4 is 10.0 Å². The van der Waals surface area contributed by atoms with Gasteiger partial charge in [-0.1, -0.05) is 6.92 Å². The summed E-state index contributed by atoms with van der Waals surface area (Å²) in [7, 11) is -3.19. The Kier molecular flexibility index (Phi) is 3.93. The van der Waals surface area contributed by atoms with Crippen LogP contribution in [0.25, 0.3) is 0 Å². The molecule has 0 N–H and O–H groups in total. The molecule has 86 valence electrons. The summed E-state index contributed by atoms with van der Waals surface area (Å²) in [5, 5.41) is -0.396. The van der Waals surface area contributed by atoms with E-state index in [1.807, 2.05) is 6.92 Å². The molecule has 0 aliphatic rings. The second-order valence-corrected chi connectivity index (χ2v) is 6.09. The van der Waals surface area contributed by atoms with Gasteiger partial charge in [0, 0.05) is 6.54 Å². The van der Waals surface area contributed by atoms with Crippen LogP contribution >= 0.6 is 0 Å². The maximum Gasteiger partial charge on any atom is 0.216 e. The van der Waals surface area contributed by atoms with Crippen molar-refractivity contribution in [1.82, 2.24) is 4.31 Å². The third-order valence-electron chi connectivity index (χ3n) is 2.22. The fraction of sp³-hybridized carbons (Fsp3) is 0.600. The summed E-state index contributed by atoms with van der Waals surface area (Å²) in [6.45, 7) is 5.95. The number of rotatable bonds is 5. The minimum Gasteiger partial charge on any atom is -0.468 e. The number of furan rings is 1. The van der Waals surface area contributed by atoms with E-state index in [0.29, 0.717) is 18.8 Å². The van der Waals surface area contributed by atoms with E-state index in [0.717, 1.165) is 0 Å². The topological polar surface area (TPSA) is 50.5 Å². The van der Waals surface area contributed by atoms with Crippen molar-refractivity contribution in [3.8, 4) is 0 Å². The SMILES string of the molecule is CCN(Cc1ccco1)S(=O)(=O)C(C)C. The van der Waals surface area contributed by atoms with Crippen LogP contribution in [0.1, 0.15) is 26.5 Å². The molecule has 0 aliphatic carbocycles. The van der Waals surface area contributed by atoms with Crippen LogP contribution in [0.3, 0.4) is 0 Å². The predicted octanol–water partition coefficient (Wildman–Crippen LogP) is 1.84. The van der Waals surface area contributed by atoms with Gasteiger partial charge in [-0.15, -0.1) is 0 Å². The summed E-state index contributed by atoms with van der Waals surface area (Å²) >= 11 is 0. The van der Waals surface area contributed by atoms with E-state index in [4.69, 9.17) is 4.42 Å². The van der Waals surface area contributed by atoms with Gasteiger partial charge in [0.2, 0.25) is 10.0 Å². The Morgan fingerprint density at radius 3 is 2.53 bits per heavy atom. The van der Waals surface area contributed by atoms with Gasteiger partial charge in [-0.25, -0.2) is 8.42 Å². The fourth-order valence-electron chi connectivity index (χ4n) is 1.26. The van der Waals surface area contributed by atoms with Gasteiger partial charge in [-0.05, 0) is 26.0 Å². The molecule has 0 fully saturated rings. The Morgan fingerprint density at radius 2 is 2.13 bits per heavy atom. The van der Waals surface area contributed by atoms with E-state index in [-0.39, 0.29) is 0 Å². The molecule has 0 saturated heterocycles. The van der Waals surface area contributed by atoms with E-state index < -0.39 is 15.3 Å². The van der Waals surface area contributed by atoms with Crippen LogP contribution in [-0.2, 0) is 16.6 Å². The Morgan fingerprint density at radius 1 is 1.47 bits per heavy atom. The molecule has 0 amide bonds. The first-order valence-corrected chi connectivity index (χ1v) is 6.50. The summed E-state index contributed by atoms with van der Waals surface area (Å²) in [5.74, 6) is 0.668. The van der Waals surface area contributed by atoms with Crippen molar-refractivity contribution < 1.29 is 12.8 Å². The molecule has 0 bridgehead atoms. The first-order valence-electron chi connectivity index (χ1n) is 4.99. The monoisotopic (exact) mass is 231 g/mol. The average Bonchev–Trinajstić information content (AvgIpc) is 2.65. The Balaban J connectivity index is 2.81. The molecule has 0 aliphatic heterocycles. The maximum atomic E-state index is 11.9. The average molecular weight is 231 g/mol. The van der Waals surface area contributed by atoms with Crippen LogP contribution in [0.4, 0.5) is 0 Å². The van der Waals surface area contributed by atoms with Gasteiger partial charge in [-0.2, -0.15) is 4.31 Å². The molecule has 0 radical (unpaired) electrons. The van der Waals surface area contributed by atoms with Crippen molar-refractivity contribution in [2.24, 2.45) is 0 Å². The van der Waals surface area contributed by atoms with E-state index in [1.54, 1.807) is 32.2 Å². The first kappa shape index (κ1) is 12.3. The van der Waals surface area contributed by atoms with Gasteiger partial charge < -0.3 is 4.42 Å². The highest BCUT2D eigenvalue weighted by molar-refractivity contribution is 7.89. The summed E-state index contributed by atoms with van der Waals surface area (Å²) in [4.78, 5) is 0. The van der Waals surface area contributed by atoms with Crippen LogP contribution in [0, 0.1) is 0 Å². The lowest BCUT2D eigenvalue weighted by atomic mass is 10.4. The molecule has 1 heterocycles. The van der Waals surface area contributed by atoms with Crippen molar-refractivity contribution in [2.45, 2.75) is 32.6 Å². The van der Waals surface area contributed by atoms with E-state index in [9.17, 15) is 8.42 Å². The van der Waals surface area contributed by atoms with Crippen LogP contribution in [0.2, 0.25) is 0 Å². The lowest BCUT2D eigenvalue weighted by molar-refractivity contribution is 0.372. The normalized spacial score (nSPS) is 12.6. The molecule has 0 aromatic carbocycles. The number of sulfonamides is 1. The van der Waals surface area contributed by atoms with Gasteiger partial charge in [0.05, 0.1) is 18.1 Å². The van der Waals surface area contributed by atoms with Crippen molar-refractivity contribution in [3.05, 3.63) is 24.2 Å². The molecule has 0 unspecified atom stereocenters. The largest absolute Gasteiger partial charge is 0.468 e. The number of nitrogens with zero attached hydrogens (tertiary/aromatic N) is 1. The van der Waals surface area contributed by atoms with Crippen LogP contribution in [-0.4, -0.2) is 24.5 Å². The third kappa shape index (κ3) is 2.82. The van der Waals surface area contributed by atoms with Crippen molar-refractivity contribution in [2.75, 3.05) is 6.54 Å². The molecule has 1 aromatic heterocycles. The lowest BCUT2D eigenvalue weighted by Crippen LogP contribution is -2.35. The minimum absolute atomic E-state index is 0.310. The van der Waals surface area contributed by atoms with E-state index in [1.165, 1.54) is 4.31 Å². The molecule has 5 heteroatoms. The summed E-state index contributed by atoms with van der Waals surface area (Å²) in [5.41, 5.74) is 0. The zero-order valence-electron chi connectivity index (χ0n) is 9.30. The minimum atomic E-state index is -3.19. The molecule has 1 rings (SSSR count). The standard InChI is InChI=1S/C10H17NO3S/c1-4-11(15(12,13)9(2)3)8-10-6-5-7-14-10/h5-7,9H,4,8H2,1-3H3. The third-order valence-corrected chi connectivity index (χ3v) is 4.52. The first-order chi connectivity index (χ1) is 6.98. The second-order valence-electron chi connectivity index (χ2n) is 3.60. The molecule has 15 heavy (non-hydrogen) atoms. The predicted molar refractivity (Wildman–Crippen MR) is 58.8 cm³/mol.